The number of nitrogens with one attached hydrogen (secondary N) is 2. The van der Waals surface area contributed by atoms with E-state index < -0.39 is 0 Å². The lowest BCUT2D eigenvalue weighted by molar-refractivity contribution is -0.125. The van der Waals surface area contributed by atoms with Crippen LogP contribution in [0.3, 0.4) is 0 Å². The highest BCUT2D eigenvalue weighted by Gasteiger charge is 2.27. The molecule has 2 N–H and O–H groups in total. The van der Waals surface area contributed by atoms with Gasteiger partial charge in [0.15, 0.2) is 0 Å². The molecule has 17 heavy (non-hydrogen) atoms. The summed E-state index contributed by atoms with van der Waals surface area (Å²) < 4.78 is 0. The van der Waals surface area contributed by atoms with Crippen LogP contribution < -0.4 is 10.6 Å². The molecule has 0 spiro atoms. The molecule has 1 heterocycles. The number of hydrogen-bond acceptors (Lipinski definition) is 2. The molecule has 1 aromatic rings. The zero-order valence-corrected chi connectivity index (χ0v) is 10.3. The van der Waals surface area contributed by atoms with Crippen molar-refractivity contribution in [2.45, 2.75) is 19.3 Å². The third kappa shape index (κ3) is 3.07. The summed E-state index contributed by atoms with van der Waals surface area (Å²) in [6, 6.07) is 10.4. The Hall–Kier alpha value is -1.35. The minimum Gasteiger partial charge on any atom is -0.356 e. The third-order valence-electron chi connectivity index (χ3n) is 3.34. The van der Waals surface area contributed by atoms with E-state index in [9.17, 15) is 4.79 Å². The van der Waals surface area contributed by atoms with E-state index >= 15 is 0 Å². The van der Waals surface area contributed by atoms with E-state index in [4.69, 9.17) is 0 Å². The van der Waals surface area contributed by atoms with Crippen molar-refractivity contribution in [3.8, 4) is 0 Å². The monoisotopic (exact) mass is 232 g/mol. The molecule has 0 bridgehead atoms. The molecule has 3 nitrogen and oxygen atoms in total. The summed E-state index contributed by atoms with van der Waals surface area (Å²) in [5.41, 5.74) is 1.33. The Labute approximate surface area is 103 Å². The van der Waals surface area contributed by atoms with Gasteiger partial charge in [-0.3, -0.25) is 4.79 Å². The lowest BCUT2D eigenvalue weighted by Crippen LogP contribution is -2.43. The molecule has 1 saturated heterocycles. The van der Waals surface area contributed by atoms with Crippen LogP contribution in [0.4, 0.5) is 0 Å². The maximum Gasteiger partial charge on any atom is 0.224 e. The molecule has 2 rings (SSSR count). The molecule has 1 amide bonds. The number of hydrogen-bond donors (Lipinski definition) is 2. The molecule has 1 aliphatic heterocycles. The average Bonchev–Trinajstić information content (AvgIpc) is 2.40. The first-order valence-electron chi connectivity index (χ1n) is 6.34. The zero-order valence-electron chi connectivity index (χ0n) is 10.3. The van der Waals surface area contributed by atoms with Crippen LogP contribution in [-0.2, 0) is 4.79 Å². The van der Waals surface area contributed by atoms with E-state index in [0.29, 0.717) is 12.5 Å². The summed E-state index contributed by atoms with van der Waals surface area (Å²) in [7, 11) is 0. The summed E-state index contributed by atoms with van der Waals surface area (Å²) in [5, 5.41) is 6.27. The molecule has 2 atom stereocenters. The van der Waals surface area contributed by atoms with Crippen molar-refractivity contribution in [1.29, 1.82) is 0 Å². The van der Waals surface area contributed by atoms with E-state index in [1.54, 1.807) is 0 Å². The third-order valence-corrected chi connectivity index (χ3v) is 3.34. The maximum atomic E-state index is 11.8. The van der Waals surface area contributed by atoms with E-state index in [2.05, 4.69) is 34.9 Å². The van der Waals surface area contributed by atoms with E-state index in [1.807, 2.05) is 13.0 Å². The van der Waals surface area contributed by atoms with Crippen LogP contribution in [0.25, 0.3) is 0 Å². The topological polar surface area (TPSA) is 41.1 Å². The van der Waals surface area contributed by atoms with Crippen LogP contribution in [0.15, 0.2) is 30.3 Å². The van der Waals surface area contributed by atoms with Gasteiger partial charge in [0.25, 0.3) is 0 Å². The van der Waals surface area contributed by atoms with Crippen molar-refractivity contribution >= 4 is 5.91 Å². The SMILES string of the molecule is CCNC(=O)[C@@H]1CNC[C@H](c2ccccc2)C1. The van der Waals surface area contributed by atoms with Gasteiger partial charge < -0.3 is 10.6 Å². The van der Waals surface area contributed by atoms with Gasteiger partial charge in [0, 0.05) is 19.6 Å². The Morgan fingerprint density at radius 3 is 2.82 bits per heavy atom. The fourth-order valence-electron chi connectivity index (χ4n) is 2.44. The standard InChI is InChI=1S/C14H20N2O/c1-2-16-14(17)13-8-12(9-15-10-13)11-6-4-3-5-7-11/h3-7,12-13,15H,2,8-10H2,1H3,(H,16,17)/t12-,13+/m1/s1. The van der Waals surface area contributed by atoms with Crippen LogP contribution in [0.5, 0.6) is 0 Å². The lowest BCUT2D eigenvalue weighted by atomic mass is 9.85. The maximum absolute atomic E-state index is 11.8. The molecule has 92 valence electrons. The van der Waals surface area contributed by atoms with Gasteiger partial charge in [0.1, 0.15) is 0 Å². The Morgan fingerprint density at radius 2 is 2.12 bits per heavy atom. The number of carbonyl (C=O) groups is 1. The summed E-state index contributed by atoms with van der Waals surface area (Å²) in [5.74, 6) is 0.743. The number of amides is 1. The van der Waals surface area contributed by atoms with Crippen molar-refractivity contribution in [2.24, 2.45) is 5.92 Å². The van der Waals surface area contributed by atoms with Crippen molar-refractivity contribution in [2.75, 3.05) is 19.6 Å². The van der Waals surface area contributed by atoms with Gasteiger partial charge >= 0.3 is 0 Å². The largest absolute Gasteiger partial charge is 0.356 e. The quantitative estimate of drug-likeness (QED) is 0.829. The van der Waals surface area contributed by atoms with Gasteiger partial charge in [-0.1, -0.05) is 30.3 Å². The molecular formula is C14H20N2O. The second-order valence-electron chi connectivity index (χ2n) is 4.59. The lowest BCUT2D eigenvalue weighted by Gasteiger charge is -2.29. The van der Waals surface area contributed by atoms with Gasteiger partial charge in [-0.05, 0) is 24.8 Å². The first kappa shape index (κ1) is 12.1. The minimum atomic E-state index is 0.105. The van der Waals surface area contributed by atoms with Gasteiger partial charge in [0.2, 0.25) is 5.91 Å². The number of benzene rings is 1. The van der Waals surface area contributed by atoms with Crippen molar-refractivity contribution in [3.05, 3.63) is 35.9 Å². The van der Waals surface area contributed by atoms with Crippen LogP contribution in [0, 0.1) is 5.92 Å². The van der Waals surface area contributed by atoms with Gasteiger partial charge in [-0.25, -0.2) is 0 Å². The van der Waals surface area contributed by atoms with Crippen molar-refractivity contribution < 1.29 is 4.79 Å². The predicted molar refractivity (Wildman–Crippen MR) is 68.8 cm³/mol. The average molecular weight is 232 g/mol. The van der Waals surface area contributed by atoms with Crippen molar-refractivity contribution in [1.82, 2.24) is 10.6 Å². The number of piperidine rings is 1. The van der Waals surface area contributed by atoms with Gasteiger partial charge in [0.05, 0.1) is 5.92 Å². The number of rotatable bonds is 3. The molecule has 0 aliphatic carbocycles. The summed E-state index contributed by atoms with van der Waals surface area (Å²) >= 11 is 0. The van der Waals surface area contributed by atoms with Crippen molar-refractivity contribution in [3.63, 3.8) is 0 Å². The fraction of sp³-hybridized carbons (Fsp3) is 0.500. The summed E-state index contributed by atoms with van der Waals surface area (Å²) in [6.45, 7) is 4.45. The second-order valence-corrected chi connectivity index (χ2v) is 4.59. The fourth-order valence-corrected chi connectivity index (χ4v) is 2.44. The zero-order chi connectivity index (χ0) is 12.1. The molecule has 1 fully saturated rings. The highest BCUT2D eigenvalue weighted by Crippen LogP contribution is 2.26. The van der Waals surface area contributed by atoms with Crippen LogP contribution >= 0.6 is 0 Å². The van der Waals surface area contributed by atoms with E-state index in [-0.39, 0.29) is 11.8 Å². The van der Waals surface area contributed by atoms with E-state index in [0.717, 1.165) is 19.5 Å². The van der Waals surface area contributed by atoms with Gasteiger partial charge in [-0.2, -0.15) is 0 Å². The van der Waals surface area contributed by atoms with Crippen LogP contribution in [0.2, 0.25) is 0 Å². The van der Waals surface area contributed by atoms with Gasteiger partial charge in [-0.15, -0.1) is 0 Å². The minimum absolute atomic E-state index is 0.105. The molecule has 1 aromatic carbocycles. The first-order chi connectivity index (χ1) is 8.31. The molecule has 3 heteroatoms. The molecule has 0 radical (unpaired) electrons. The molecular weight excluding hydrogens is 212 g/mol. The number of carbonyl (C=O) groups excluding carboxylic acids is 1. The summed E-state index contributed by atoms with van der Waals surface area (Å²) in [6.07, 6.45) is 0.947. The molecule has 0 unspecified atom stereocenters. The Bertz CT molecular complexity index is 364. The molecule has 0 saturated carbocycles. The Balaban J connectivity index is 2.00. The van der Waals surface area contributed by atoms with Crippen LogP contribution in [0.1, 0.15) is 24.8 Å². The van der Waals surface area contributed by atoms with E-state index in [1.165, 1.54) is 5.56 Å². The highest BCUT2D eigenvalue weighted by atomic mass is 16.1. The Morgan fingerprint density at radius 1 is 1.35 bits per heavy atom. The predicted octanol–water partition coefficient (Wildman–Crippen LogP) is 1.52. The molecule has 1 aliphatic rings. The summed E-state index contributed by atoms with van der Waals surface area (Å²) in [4.78, 5) is 11.8. The molecule has 0 aromatic heterocycles. The normalized spacial score (nSPS) is 24.3. The first-order valence-corrected chi connectivity index (χ1v) is 6.34. The van der Waals surface area contributed by atoms with Crippen LogP contribution in [-0.4, -0.2) is 25.5 Å². The Kier molecular flexibility index (Phi) is 4.15. The smallest absolute Gasteiger partial charge is 0.224 e. The highest BCUT2D eigenvalue weighted by molar-refractivity contribution is 5.79. The second kappa shape index (κ2) is 5.82.